The van der Waals surface area contributed by atoms with Gasteiger partial charge in [-0.3, -0.25) is 0 Å². The lowest BCUT2D eigenvalue weighted by Gasteiger charge is -2.31. The number of piperidine rings is 1. The van der Waals surface area contributed by atoms with Crippen molar-refractivity contribution in [2.45, 2.75) is 24.7 Å². The predicted octanol–water partition coefficient (Wildman–Crippen LogP) is 0.979. The number of nitrogens with zero attached hydrogens (tertiary/aromatic N) is 1. The Morgan fingerprint density at radius 1 is 1.48 bits per heavy atom. The Balaban J connectivity index is 2.41. The quantitative estimate of drug-likeness (QED) is 0.808. The van der Waals surface area contributed by atoms with E-state index in [0.29, 0.717) is 24.5 Å². The van der Waals surface area contributed by atoms with E-state index in [9.17, 15) is 13.5 Å². The van der Waals surface area contributed by atoms with Gasteiger partial charge in [-0.1, -0.05) is 0 Å². The van der Waals surface area contributed by atoms with Gasteiger partial charge >= 0.3 is 0 Å². The van der Waals surface area contributed by atoms with E-state index in [2.05, 4.69) is 0 Å². The van der Waals surface area contributed by atoms with Crippen LogP contribution in [-0.2, 0) is 10.0 Å². The summed E-state index contributed by atoms with van der Waals surface area (Å²) < 4.78 is 32.2. The van der Waals surface area contributed by atoms with Crippen LogP contribution in [0.1, 0.15) is 18.4 Å². The zero-order chi connectivity index (χ0) is 15.6. The average Bonchev–Trinajstić information content (AvgIpc) is 2.49. The van der Waals surface area contributed by atoms with Crippen molar-refractivity contribution in [1.82, 2.24) is 4.31 Å². The van der Waals surface area contributed by atoms with Gasteiger partial charge in [0, 0.05) is 25.4 Å². The Morgan fingerprint density at radius 3 is 2.81 bits per heavy atom. The van der Waals surface area contributed by atoms with Crippen LogP contribution in [0.4, 0.5) is 5.69 Å². The highest BCUT2D eigenvalue weighted by Gasteiger charge is 2.32. The number of ether oxygens (including phenoxy) is 1. The molecule has 7 heteroatoms. The van der Waals surface area contributed by atoms with Crippen LogP contribution in [0.15, 0.2) is 17.0 Å². The van der Waals surface area contributed by atoms with E-state index >= 15 is 0 Å². The summed E-state index contributed by atoms with van der Waals surface area (Å²) in [5.41, 5.74) is 7.04. The van der Waals surface area contributed by atoms with Crippen LogP contribution in [0.5, 0.6) is 5.75 Å². The van der Waals surface area contributed by atoms with E-state index in [4.69, 9.17) is 10.5 Å². The zero-order valence-corrected chi connectivity index (χ0v) is 13.2. The first-order valence-electron chi connectivity index (χ1n) is 6.95. The molecule has 0 saturated carbocycles. The molecule has 0 aromatic heterocycles. The molecule has 1 aliphatic rings. The molecule has 1 aromatic rings. The number of methoxy groups -OCH3 is 1. The van der Waals surface area contributed by atoms with Crippen molar-refractivity contribution < 1.29 is 18.3 Å². The van der Waals surface area contributed by atoms with Gasteiger partial charge < -0.3 is 15.6 Å². The van der Waals surface area contributed by atoms with Gasteiger partial charge in [0.05, 0.1) is 7.11 Å². The third-order valence-electron chi connectivity index (χ3n) is 3.91. The summed E-state index contributed by atoms with van der Waals surface area (Å²) in [6, 6.07) is 3.09. The maximum atomic E-state index is 12.8. The Morgan fingerprint density at radius 2 is 2.19 bits per heavy atom. The van der Waals surface area contributed by atoms with E-state index in [-0.39, 0.29) is 17.4 Å². The molecule has 0 radical (unpaired) electrons. The molecule has 0 bridgehead atoms. The lowest BCUT2D eigenvalue weighted by molar-refractivity contribution is 0.165. The number of nitrogen functional groups attached to an aromatic ring is 1. The molecule has 1 fully saturated rings. The smallest absolute Gasteiger partial charge is 0.246 e. The zero-order valence-electron chi connectivity index (χ0n) is 12.4. The van der Waals surface area contributed by atoms with Crippen LogP contribution in [0.25, 0.3) is 0 Å². The van der Waals surface area contributed by atoms with Crippen LogP contribution in [-0.4, -0.2) is 44.6 Å². The minimum atomic E-state index is -3.67. The molecule has 21 heavy (non-hydrogen) atoms. The molecule has 3 N–H and O–H groups in total. The summed E-state index contributed by atoms with van der Waals surface area (Å²) in [5.74, 6) is 0.287. The second-order valence-corrected chi connectivity index (χ2v) is 7.32. The van der Waals surface area contributed by atoms with E-state index in [1.165, 1.54) is 17.5 Å². The van der Waals surface area contributed by atoms with Gasteiger partial charge in [-0.25, -0.2) is 8.42 Å². The summed E-state index contributed by atoms with van der Waals surface area (Å²) in [7, 11) is -2.23. The van der Waals surface area contributed by atoms with Gasteiger partial charge in [-0.2, -0.15) is 4.31 Å². The summed E-state index contributed by atoms with van der Waals surface area (Å²) in [4.78, 5) is 0.0895. The molecule has 0 spiro atoms. The Kier molecular flexibility index (Phi) is 4.75. The van der Waals surface area contributed by atoms with Gasteiger partial charge in [-0.05, 0) is 43.4 Å². The van der Waals surface area contributed by atoms with Crippen molar-refractivity contribution in [3.8, 4) is 5.75 Å². The number of rotatable bonds is 4. The van der Waals surface area contributed by atoms with Crippen molar-refractivity contribution in [3.63, 3.8) is 0 Å². The molecule has 6 nitrogen and oxygen atoms in total. The van der Waals surface area contributed by atoms with E-state index < -0.39 is 10.0 Å². The fourth-order valence-electron chi connectivity index (χ4n) is 2.57. The molecule has 1 heterocycles. The molecule has 1 aliphatic heterocycles. The second-order valence-electron chi connectivity index (χ2n) is 5.41. The van der Waals surface area contributed by atoms with Gasteiger partial charge in [0.25, 0.3) is 0 Å². The molecular formula is C14H22N2O4S. The second kappa shape index (κ2) is 6.21. The molecule has 2 rings (SSSR count). The van der Waals surface area contributed by atoms with Crippen LogP contribution >= 0.6 is 0 Å². The van der Waals surface area contributed by atoms with Crippen LogP contribution in [0.2, 0.25) is 0 Å². The van der Waals surface area contributed by atoms with E-state index in [1.54, 1.807) is 13.0 Å². The first-order chi connectivity index (χ1) is 9.90. The summed E-state index contributed by atoms with van der Waals surface area (Å²) in [6.45, 7) is 2.58. The van der Waals surface area contributed by atoms with Crippen molar-refractivity contribution in [2.75, 3.05) is 32.5 Å². The summed E-state index contributed by atoms with van der Waals surface area (Å²) in [5, 5.41) is 9.26. The SMILES string of the molecule is COc1cc(C)c(N)cc1S(=O)(=O)N1CCCC(CO)C1. The number of hydrogen-bond acceptors (Lipinski definition) is 5. The molecule has 0 aliphatic carbocycles. The van der Waals surface area contributed by atoms with Crippen LogP contribution in [0.3, 0.4) is 0 Å². The minimum Gasteiger partial charge on any atom is -0.495 e. The normalized spacial score (nSPS) is 20.4. The predicted molar refractivity (Wildman–Crippen MR) is 80.7 cm³/mol. The van der Waals surface area contributed by atoms with Crippen molar-refractivity contribution in [1.29, 1.82) is 0 Å². The third kappa shape index (κ3) is 3.14. The lowest BCUT2D eigenvalue weighted by atomic mass is 10.0. The average molecular weight is 314 g/mol. The summed E-state index contributed by atoms with van der Waals surface area (Å²) in [6.07, 6.45) is 1.59. The molecule has 0 amide bonds. The fraction of sp³-hybridized carbons (Fsp3) is 0.571. The Bertz CT molecular complexity index is 616. The van der Waals surface area contributed by atoms with Crippen molar-refractivity contribution in [2.24, 2.45) is 5.92 Å². The fourth-order valence-corrected chi connectivity index (χ4v) is 4.30. The van der Waals surface area contributed by atoms with Gasteiger partial charge in [-0.15, -0.1) is 0 Å². The number of hydrogen-bond donors (Lipinski definition) is 2. The first kappa shape index (κ1) is 16.1. The maximum absolute atomic E-state index is 12.8. The minimum absolute atomic E-state index is 0.000802. The number of benzene rings is 1. The number of aryl methyl sites for hydroxylation is 1. The largest absolute Gasteiger partial charge is 0.495 e. The van der Waals surface area contributed by atoms with Gasteiger partial charge in [0.1, 0.15) is 10.6 Å². The van der Waals surface area contributed by atoms with Crippen molar-refractivity contribution >= 4 is 15.7 Å². The lowest BCUT2D eigenvalue weighted by Crippen LogP contribution is -2.41. The number of anilines is 1. The molecule has 1 unspecified atom stereocenters. The molecule has 1 atom stereocenters. The first-order valence-corrected chi connectivity index (χ1v) is 8.39. The highest BCUT2D eigenvalue weighted by atomic mass is 32.2. The van der Waals surface area contributed by atoms with Crippen molar-refractivity contribution in [3.05, 3.63) is 17.7 Å². The molecule has 1 aromatic carbocycles. The van der Waals surface area contributed by atoms with Gasteiger partial charge in [0.2, 0.25) is 10.0 Å². The monoisotopic (exact) mass is 314 g/mol. The maximum Gasteiger partial charge on any atom is 0.246 e. The highest BCUT2D eigenvalue weighted by Crippen LogP contribution is 2.32. The van der Waals surface area contributed by atoms with E-state index in [1.807, 2.05) is 0 Å². The van der Waals surface area contributed by atoms with Gasteiger partial charge in [0.15, 0.2) is 0 Å². The number of sulfonamides is 1. The molecule has 118 valence electrons. The van der Waals surface area contributed by atoms with Crippen LogP contribution < -0.4 is 10.5 Å². The molecule has 1 saturated heterocycles. The number of nitrogens with two attached hydrogens (primary N) is 1. The third-order valence-corrected chi connectivity index (χ3v) is 5.80. The highest BCUT2D eigenvalue weighted by molar-refractivity contribution is 7.89. The van der Waals surface area contributed by atoms with E-state index in [0.717, 1.165) is 18.4 Å². The Hall–Kier alpha value is -1.31. The Labute approximate surface area is 125 Å². The number of aliphatic hydroxyl groups excluding tert-OH is 1. The van der Waals surface area contributed by atoms with Crippen LogP contribution in [0, 0.1) is 12.8 Å². The topological polar surface area (TPSA) is 92.9 Å². The summed E-state index contributed by atoms with van der Waals surface area (Å²) >= 11 is 0. The standard InChI is InChI=1S/C14H22N2O4S/c1-10-6-13(20-2)14(7-12(10)15)21(18,19)16-5-3-4-11(8-16)9-17/h6-7,11,17H,3-5,8-9,15H2,1-2H3. The molecular weight excluding hydrogens is 292 g/mol. The number of aliphatic hydroxyl groups is 1.